The zero-order chi connectivity index (χ0) is 22.1. The van der Waals surface area contributed by atoms with Gasteiger partial charge in [0.2, 0.25) is 0 Å². The maximum absolute atomic E-state index is 13.2. The van der Waals surface area contributed by atoms with E-state index in [0.717, 1.165) is 28.1 Å². The maximum atomic E-state index is 13.2. The number of nitrogens with zero attached hydrogens (tertiary/aromatic N) is 1. The normalized spacial score (nSPS) is 11.8. The zero-order valence-corrected chi connectivity index (χ0v) is 19.5. The summed E-state index contributed by atoms with van der Waals surface area (Å²) in [5.74, 6) is 0.142. The second kappa shape index (κ2) is 11.5. The molecule has 0 saturated heterocycles. The third-order valence-corrected chi connectivity index (χ3v) is 4.61. The largest absolute Gasteiger partial charge is 0.494 e. The number of hydrogen-bond donors (Lipinski definition) is 2. The molecular weight excluding hydrogens is 500 g/mol. The summed E-state index contributed by atoms with van der Waals surface area (Å²) < 4.78 is 24.4. The van der Waals surface area contributed by atoms with Crippen LogP contribution in [0.2, 0.25) is 0 Å². The van der Waals surface area contributed by atoms with Gasteiger partial charge in [0.15, 0.2) is 9.60 Å². The molecule has 2 N–H and O–H groups in total. The monoisotopic (exact) mass is 525 g/mol. The van der Waals surface area contributed by atoms with E-state index >= 15 is 0 Å². The van der Waals surface area contributed by atoms with Gasteiger partial charge in [0, 0.05) is 12.7 Å². The van der Waals surface area contributed by atoms with Gasteiger partial charge in [-0.2, -0.15) is 0 Å². The number of hydrogen-bond acceptors (Lipinski definition) is 5. The Bertz CT molecular complexity index is 961. The van der Waals surface area contributed by atoms with E-state index in [2.05, 4.69) is 15.6 Å². The van der Waals surface area contributed by atoms with E-state index in [1.54, 1.807) is 12.1 Å². The molecule has 0 atom stereocenters. The number of carbonyl (C=O) groups excluding carboxylic acids is 1. The molecule has 160 valence electrons. The van der Waals surface area contributed by atoms with Crippen molar-refractivity contribution in [2.24, 2.45) is 4.99 Å². The summed E-state index contributed by atoms with van der Waals surface area (Å²) in [6, 6.07) is 10.1. The Morgan fingerprint density at radius 1 is 1.23 bits per heavy atom. The average Bonchev–Trinajstić information content (AvgIpc) is 2.69. The Hall–Kier alpha value is -2.62. The van der Waals surface area contributed by atoms with Crippen LogP contribution < -0.4 is 15.4 Å². The van der Waals surface area contributed by atoms with Crippen LogP contribution in [0.1, 0.15) is 23.6 Å². The molecule has 0 spiro atoms. The van der Waals surface area contributed by atoms with Gasteiger partial charge in [-0.05, 0) is 84.3 Å². The molecule has 2 rings (SSSR count). The fourth-order valence-electron chi connectivity index (χ4n) is 2.62. The molecule has 0 radical (unpaired) electrons. The smallest absolute Gasteiger partial charge is 0.293 e. The number of carbonyl (C=O) groups is 1. The Morgan fingerprint density at radius 2 is 2.00 bits per heavy atom. The van der Waals surface area contributed by atoms with Gasteiger partial charge in [0.25, 0.3) is 5.91 Å². The van der Waals surface area contributed by atoms with E-state index in [0.29, 0.717) is 17.0 Å². The topological polar surface area (TPSA) is 72.0 Å². The third-order valence-electron chi connectivity index (χ3n) is 4.10. The van der Waals surface area contributed by atoms with Crippen molar-refractivity contribution >= 4 is 38.0 Å². The van der Waals surface area contributed by atoms with Crippen LogP contribution >= 0.6 is 22.6 Å². The fourth-order valence-corrected chi connectivity index (χ4v) is 3.13. The number of aryl methyl sites for hydroxylation is 2. The molecule has 0 aliphatic rings. The van der Waals surface area contributed by atoms with Crippen LogP contribution in [0.3, 0.4) is 0 Å². The van der Waals surface area contributed by atoms with Crippen LogP contribution in [0.15, 0.2) is 53.3 Å². The molecule has 0 heterocycles. The van der Waals surface area contributed by atoms with E-state index in [1.807, 2.05) is 55.5 Å². The van der Waals surface area contributed by atoms with Crippen LogP contribution in [0.5, 0.6) is 5.75 Å². The van der Waals surface area contributed by atoms with Gasteiger partial charge in [-0.15, -0.1) is 0 Å². The summed E-state index contributed by atoms with van der Waals surface area (Å²) in [7, 11) is 1.40. The van der Waals surface area contributed by atoms with Crippen molar-refractivity contribution in [2.45, 2.75) is 27.3 Å². The van der Waals surface area contributed by atoms with Crippen LogP contribution in [-0.2, 0) is 16.1 Å². The number of methoxy groups -OCH3 is 1. The molecule has 30 heavy (non-hydrogen) atoms. The maximum Gasteiger partial charge on any atom is 0.293 e. The van der Waals surface area contributed by atoms with Crippen molar-refractivity contribution in [3.05, 3.63) is 70.9 Å². The minimum atomic E-state index is -0.447. The van der Waals surface area contributed by atoms with Crippen LogP contribution in [0.25, 0.3) is 0 Å². The van der Waals surface area contributed by atoms with Gasteiger partial charge in [-0.25, -0.2) is 9.38 Å². The number of ether oxygens (including phenoxy) is 2. The predicted octanol–water partition coefficient (Wildman–Crippen LogP) is 4.66. The van der Waals surface area contributed by atoms with Gasteiger partial charge in [0.05, 0.1) is 19.4 Å². The SMILES string of the molecule is CCOc1cc(C)c(N=C(I)NC(=O)/C(=C\NCc2cccc(F)c2)OC)cc1C. The first-order chi connectivity index (χ1) is 14.3. The van der Waals surface area contributed by atoms with Crippen molar-refractivity contribution in [1.82, 2.24) is 10.6 Å². The lowest BCUT2D eigenvalue weighted by Gasteiger charge is -2.11. The minimum absolute atomic E-state index is 0.0790. The van der Waals surface area contributed by atoms with Crippen molar-refractivity contribution in [1.29, 1.82) is 0 Å². The molecule has 0 fully saturated rings. The average molecular weight is 525 g/mol. The van der Waals surface area contributed by atoms with E-state index in [4.69, 9.17) is 9.47 Å². The van der Waals surface area contributed by atoms with E-state index in [1.165, 1.54) is 25.4 Å². The first-order valence-corrected chi connectivity index (χ1v) is 10.4. The van der Waals surface area contributed by atoms with E-state index in [-0.39, 0.29) is 11.6 Å². The molecule has 0 bridgehead atoms. The molecule has 0 saturated carbocycles. The zero-order valence-electron chi connectivity index (χ0n) is 17.4. The number of amides is 1. The van der Waals surface area contributed by atoms with Gasteiger partial charge in [-0.3, -0.25) is 10.1 Å². The lowest BCUT2D eigenvalue weighted by atomic mass is 10.1. The Kier molecular flexibility index (Phi) is 9.10. The highest BCUT2D eigenvalue weighted by atomic mass is 127. The van der Waals surface area contributed by atoms with Gasteiger partial charge in [-0.1, -0.05) is 12.1 Å². The Balaban J connectivity index is 2.04. The van der Waals surface area contributed by atoms with E-state index < -0.39 is 5.91 Å². The van der Waals surface area contributed by atoms with Crippen molar-refractivity contribution in [2.75, 3.05) is 13.7 Å². The number of rotatable bonds is 8. The molecule has 0 aliphatic carbocycles. The minimum Gasteiger partial charge on any atom is -0.494 e. The van der Waals surface area contributed by atoms with Crippen molar-refractivity contribution in [3.8, 4) is 5.75 Å². The summed E-state index contributed by atoms with van der Waals surface area (Å²) in [6.07, 6.45) is 1.44. The molecule has 2 aromatic carbocycles. The molecule has 6 nitrogen and oxygen atoms in total. The Morgan fingerprint density at radius 3 is 2.67 bits per heavy atom. The predicted molar refractivity (Wildman–Crippen MR) is 125 cm³/mol. The van der Waals surface area contributed by atoms with Crippen molar-refractivity contribution in [3.63, 3.8) is 0 Å². The number of halogens is 2. The molecular formula is C22H25FIN3O3. The molecule has 2 aromatic rings. The third kappa shape index (κ3) is 7.01. The second-order valence-corrected chi connectivity index (χ2v) is 7.44. The highest BCUT2D eigenvalue weighted by molar-refractivity contribution is 14.1. The lowest BCUT2D eigenvalue weighted by Crippen LogP contribution is -2.29. The molecule has 1 amide bonds. The molecule has 0 aliphatic heterocycles. The second-order valence-electron chi connectivity index (χ2n) is 6.42. The van der Waals surface area contributed by atoms with Gasteiger partial charge >= 0.3 is 0 Å². The standard InChI is InChI=1S/C22H25FIN3O3/c1-5-30-19-10-14(2)18(9-15(19)3)26-22(24)27-21(28)20(29-4)13-25-12-16-7-6-8-17(23)11-16/h6-11,13,25H,5,12H2,1-4H3,(H,26,27,28)/b20-13+. The number of amidine groups is 1. The number of nitrogens with one attached hydrogen (secondary N) is 2. The van der Waals surface area contributed by atoms with E-state index in [9.17, 15) is 9.18 Å². The highest BCUT2D eigenvalue weighted by Crippen LogP contribution is 2.28. The summed E-state index contributed by atoms with van der Waals surface area (Å²) in [5.41, 5.74) is 3.40. The lowest BCUT2D eigenvalue weighted by molar-refractivity contribution is -0.119. The number of aliphatic imine (C=N–C) groups is 1. The first kappa shape index (κ1) is 23.7. The van der Waals surface area contributed by atoms with Crippen molar-refractivity contribution < 1.29 is 18.7 Å². The molecule has 0 aromatic heterocycles. The first-order valence-electron chi connectivity index (χ1n) is 9.35. The van der Waals surface area contributed by atoms with Gasteiger partial charge < -0.3 is 14.8 Å². The molecule has 0 unspecified atom stereocenters. The van der Waals surface area contributed by atoms with Crippen LogP contribution in [0, 0.1) is 19.7 Å². The number of benzene rings is 2. The Labute approximate surface area is 189 Å². The summed E-state index contributed by atoms with van der Waals surface area (Å²) in [6.45, 7) is 6.77. The molecule has 8 heteroatoms. The highest BCUT2D eigenvalue weighted by Gasteiger charge is 2.12. The van der Waals surface area contributed by atoms with Crippen LogP contribution in [-0.4, -0.2) is 23.5 Å². The summed E-state index contributed by atoms with van der Waals surface area (Å²) >= 11 is 1.96. The fraction of sp³-hybridized carbons (Fsp3) is 0.273. The summed E-state index contributed by atoms with van der Waals surface area (Å²) in [4.78, 5) is 16.9. The van der Waals surface area contributed by atoms with Crippen LogP contribution in [0.4, 0.5) is 10.1 Å². The quantitative estimate of drug-likeness (QED) is 0.131. The summed E-state index contributed by atoms with van der Waals surface area (Å²) in [5, 5.41) is 5.64. The van der Waals surface area contributed by atoms with Gasteiger partial charge in [0.1, 0.15) is 11.6 Å².